The first-order valence-corrected chi connectivity index (χ1v) is 4.74. The number of amides is 1. The van der Waals surface area contributed by atoms with Gasteiger partial charge in [0.05, 0.1) is 0 Å². The van der Waals surface area contributed by atoms with E-state index in [1.165, 1.54) is 32.0 Å². The molecule has 0 bridgehead atoms. The van der Waals surface area contributed by atoms with Gasteiger partial charge in [0.25, 0.3) is 0 Å². The number of anilines is 1. The van der Waals surface area contributed by atoms with Crippen LogP contribution in [0.2, 0.25) is 0 Å². The van der Waals surface area contributed by atoms with Gasteiger partial charge < -0.3 is 14.8 Å². The van der Waals surface area contributed by atoms with Crippen molar-refractivity contribution >= 4 is 24.0 Å². The Morgan fingerprint density at radius 3 is 2.24 bits per heavy atom. The number of rotatable bonds is 4. The summed E-state index contributed by atoms with van der Waals surface area (Å²) in [6, 6.07) is 4.32. The second kappa shape index (κ2) is 5.64. The maximum Gasteiger partial charge on any atom is 0.308 e. The predicted octanol–water partition coefficient (Wildman–Crippen LogP) is 1.11. The molecule has 0 aliphatic carbocycles. The Morgan fingerprint density at radius 2 is 1.71 bits per heavy atom. The summed E-state index contributed by atoms with van der Waals surface area (Å²) in [5.41, 5.74) is 0.423. The van der Waals surface area contributed by atoms with Crippen LogP contribution < -0.4 is 14.8 Å². The van der Waals surface area contributed by atoms with Crippen LogP contribution in [0.3, 0.4) is 0 Å². The zero-order valence-corrected chi connectivity index (χ0v) is 9.35. The minimum atomic E-state index is -0.554. The fraction of sp³-hybridized carbons (Fsp3) is 0.182. The van der Waals surface area contributed by atoms with Gasteiger partial charge in [-0.1, -0.05) is 0 Å². The van der Waals surface area contributed by atoms with E-state index in [0.29, 0.717) is 12.1 Å². The van der Waals surface area contributed by atoms with E-state index in [-0.39, 0.29) is 11.5 Å². The summed E-state index contributed by atoms with van der Waals surface area (Å²) in [4.78, 5) is 32.0. The van der Waals surface area contributed by atoms with E-state index in [4.69, 9.17) is 9.47 Å². The summed E-state index contributed by atoms with van der Waals surface area (Å²) in [6.45, 7) is 2.45. The highest BCUT2D eigenvalue weighted by molar-refractivity contribution is 5.77. The van der Waals surface area contributed by atoms with E-state index in [9.17, 15) is 14.4 Å². The van der Waals surface area contributed by atoms with Crippen molar-refractivity contribution in [3.05, 3.63) is 18.2 Å². The lowest BCUT2D eigenvalue weighted by Crippen LogP contribution is -2.07. The second-order valence-corrected chi connectivity index (χ2v) is 3.11. The van der Waals surface area contributed by atoms with Gasteiger partial charge >= 0.3 is 11.9 Å². The Kier molecular flexibility index (Phi) is 4.21. The summed E-state index contributed by atoms with van der Waals surface area (Å²) in [5.74, 6) is -0.903. The van der Waals surface area contributed by atoms with Crippen molar-refractivity contribution in [1.82, 2.24) is 0 Å². The summed E-state index contributed by atoms with van der Waals surface area (Å²) in [7, 11) is 0. The number of esters is 2. The maximum atomic E-state index is 10.9. The summed E-state index contributed by atoms with van der Waals surface area (Å²) < 4.78 is 9.71. The molecule has 0 fully saturated rings. The van der Waals surface area contributed by atoms with Gasteiger partial charge in [-0.15, -0.1) is 0 Å². The molecular weight excluding hydrogens is 226 g/mol. The molecular formula is C11H11NO5. The fourth-order valence-corrected chi connectivity index (χ4v) is 1.14. The standard InChI is InChI=1S/C11H11NO5/c1-7(14)16-10-4-3-9(12-6-13)5-11(10)17-8(2)15/h3-6H,1-2H3,(H,12,13). The van der Waals surface area contributed by atoms with Crippen LogP contribution in [0.1, 0.15) is 13.8 Å². The van der Waals surface area contributed by atoms with Gasteiger partial charge in [-0.2, -0.15) is 0 Å². The number of carbonyl (C=O) groups is 3. The first-order valence-electron chi connectivity index (χ1n) is 4.74. The van der Waals surface area contributed by atoms with Gasteiger partial charge in [-0.3, -0.25) is 14.4 Å². The van der Waals surface area contributed by atoms with Crippen molar-refractivity contribution in [3.8, 4) is 11.5 Å². The summed E-state index contributed by atoms with van der Waals surface area (Å²) >= 11 is 0. The van der Waals surface area contributed by atoms with Crippen LogP contribution >= 0.6 is 0 Å². The number of benzene rings is 1. The number of carbonyl (C=O) groups excluding carboxylic acids is 3. The van der Waals surface area contributed by atoms with E-state index in [1.54, 1.807) is 0 Å². The van der Waals surface area contributed by atoms with Gasteiger partial charge in [0, 0.05) is 25.6 Å². The monoisotopic (exact) mass is 237 g/mol. The topological polar surface area (TPSA) is 81.7 Å². The highest BCUT2D eigenvalue weighted by Gasteiger charge is 2.10. The maximum absolute atomic E-state index is 10.9. The molecule has 17 heavy (non-hydrogen) atoms. The second-order valence-electron chi connectivity index (χ2n) is 3.11. The Morgan fingerprint density at radius 1 is 1.12 bits per heavy atom. The van der Waals surface area contributed by atoms with Crippen LogP contribution in [0.15, 0.2) is 18.2 Å². The molecule has 0 heterocycles. The average Bonchev–Trinajstić information content (AvgIpc) is 2.21. The molecule has 1 aromatic rings. The molecule has 90 valence electrons. The van der Waals surface area contributed by atoms with Crippen LogP contribution in [0, 0.1) is 0 Å². The fourth-order valence-electron chi connectivity index (χ4n) is 1.14. The summed E-state index contributed by atoms with van der Waals surface area (Å²) in [5, 5.41) is 2.39. The molecule has 0 radical (unpaired) electrons. The van der Waals surface area contributed by atoms with Crippen LogP contribution in [0.25, 0.3) is 0 Å². The average molecular weight is 237 g/mol. The smallest absolute Gasteiger partial charge is 0.308 e. The number of hydrogen-bond donors (Lipinski definition) is 1. The molecule has 0 saturated carbocycles. The van der Waals surface area contributed by atoms with Crippen molar-refractivity contribution in [2.45, 2.75) is 13.8 Å². The first kappa shape index (κ1) is 12.7. The zero-order valence-electron chi connectivity index (χ0n) is 9.35. The van der Waals surface area contributed by atoms with Crippen LogP contribution in [0.5, 0.6) is 11.5 Å². The SMILES string of the molecule is CC(=O)Oc1ccc(NC=O)cc1OC(C)=O. The van der Waals surface area contributed by atoms with E-state index in [0.717, 1.165) is 0 Å². The molecule has 1 aromatic carbocycles. The third-order valence-electron chi connectivity index (χ3n) is 1.68. The molecule has 0 unspecified atom stereocenters. The van der Waals surface area contributed by atoms with Gasteiger partial charge in [0.15, 0.2) is 11.5 Å². The molecule has 0 atom stereocenters. The van der Waals surface area contributed by atoms with Crippen LogP contribution in [-0.2, 0) is 14.4 Å². The predicted molar refractivity (Wildman–Crippen MR) is 58.7 cm³/mol. The lowest BCUT2D eigenvalue weighted by Gasteiger charge is -2.09. The van der Waals surface area contributed by atoms with Gasteiger partial charge in [-0.05, 0) is 12.1 Å². The molecule has 6 nitrogen and oxygen atoms in total. The van der Waals surface area contributed by atoms with E-state index in [2.05, 4.69) is 5.32 Å². The molecule has 6 heteroatoms. The molecule has 1 amide bonds. The quantitative estimate of drug-likeness (QED) is 0.482. The Balaban J connectivity index is 3.06. The van der Waals surface area contributed by atoms with Gasteiger partial charge in [0.2, 0.25) is 6.41 Å². The highest BCUT2D eigenvalue weighted by Crippen LogP contribution is 2.30. The molecule has 0 aliphatic rings. The number of nitrogens with one attached hydrogen (secondary N) is 1. The van der Waals surface area contributed by atoms with Crippen molar-refractivity contribution in [3.63, 3.8) is 0 Å². The molecule has 0 aliphatic heterocycles. The van der Waals surface area contributed by atoms with E-state index in [1.807, 2.05) is 0 Å². The lowest BCUT2D eigenvalue weighted by molar-refractivity contribution is -0.134. The minimum absolute atomic E-state index is 0.0690. The van der Waals surface area contributed by atoms with Crippen molar-refractivity contribution in [2.24, 2.45) is 0 Å². The molecule has 0 saturated heterocycles. The van der Waals surface area contributed by atoms with E-state index < -0.39 is 11.9 Å². The third-order valence-corrected chi connectivity index (χ3v) is 1.68. The van der Waals surface area contributed by atoms with Crippen molar-refractivity contribution in [2.75, 3.05) is 5.32 Å². The van der Waals surface area contributed by atoms with Gasteiger partial charge in [-0.25, -0.2) is 0 Å². The molecule has 0 spiro atoms. The van der Waals surface area contributed by atoms with Crippen molar-refractivity contribution in [1.29, 1.82) is 0 Å². The lowest BCUT2D eigenvalue weighted by atomic mass is 10.3. The minimum Gasteiger partial charge on any atom is -0.423 e. The molecule has 1 rings (SSSR count). The molecule has 0 aromatic heterocycles. The zero-order chi connectivity index (χ0) is 12.8. The third kappa shape index (κ3) is 3.94. The van der Waals surface area contributed by atoms with Crippen LogP contribution in [0.4, 0.5) is 5.69 Å². The highest BCUT2D eigenvalue weighted by atomic mass is 16.6. The van der Waals surface area contributed by atoms with Crippen molar-refractivity contribution < 1.29 is 23.9 Å². The largest absolute Gasteiger partial charge is 0.423 e. The number of ether oxygens (including phenoxy) is 2. The van der Waals surface area contributed by atoms with E-state index >= 15 is 0 Å². The van der Waals surface area contributed by atoms with Crippen LogP contribution in [-0.4, -0.2) is 18.3 Å². The Labute approximate surface area is 97.5 Å². The van der Waals surface area contributed by atoms with Gasteiger partial charge in [0.1, 0.15) is 0 Å². The molecule has 1 N–H and O–H groups in total. The first-order chi connectivity index (χ1) is 8.02. The Hall–Kier alpha value is -2.37. The summed E-state index contributed by atoms with van der Waals surface area (Å²) in [6.07, 6.45) is 0.485. The Bertz CT molecular complexity index is 455. The normalized spacial score (nSPS) is 9.29. The number of hydrogen-bond acceptors (Lipinski definition) is 5.